The zero-order chi connectivity index (χ0) is 17.9. The number of halogens is 1. The Morgan fingerprint density at radius 3 is 2.37 bits per heavy atom. The fraction of sp³-hybridized carbons (Fsp3) is 0.429. The van der Waals surface area contributed by atoms with Gasteiger partial charge in [0.15, 0.2) is 0 Å². The van der Waals surface area contributed by atoms with Gasteiger partial charge in [-0.1, -0.05) is 30.3 Å². The second kappa shape index (κ2) is 8.72. The number of nitrogens with zero attached hydrogens (tertiary/aromatic N) is 1. The number of nitrogens with one attached hydrogen (secondary N) is 2. The molecular formula is C21H26ClN3O2. The molecule has 2 heterocycles. The van der Waals surface area contributed by atoms with Crippen molar-refractivity contribution in [3.05, 3.63) is 58.4 Å². The van der Waals surface area contributed by atoms with E-state index in [2.05, 4.69) is 10.3 Å². The Bertz CT molecular complexity index is 825. The molecule has 0 bridgehead atoms. The van der Waals surface area contributed by atoms with Gasteiger partial charge < -0.3 is 15.2 Å². The van der Waals surface area contributed by atoms with Crippen molar-refractivity contribution in [1.29, 1.82) is 0 Å². The van der Waals surface area contributed by atoms with Crippen LogP contribution in [0.5, 0.6) is 0 Å². The van der Waals surface area contributed by atoms with Crippen molar-refractivity contribution in [3.8, 4) is 11.3 Å². The molecule has 1 aromatic carbocycles. The summed E-state index contributed by atoms with van der Waals surface area (Å²) in [5, 5.41) is 3.61. The Balaban J connectivity index is 0.00000210. The van der Waals surface area contributed by atoms with Crippen LogP contribution in [0.3, 0.4) is 0 Å². The second-order valence-electron chi connectivity index (χ2n) is 7.40. The van der Waals surface area contributed by atoms with Gasteiger partial charge in [0.2, 0.25) is 0 Å². The van der Waals surface area contributed by atoms with Crippen molar-refractivity contribution in [2.24, 2.45) is 5.92 Å². The van der Waals surface area contributed by atoms with Gasteiger partial charge in [0.25, 0.3) is 11.5 Å². The number of piperidine rings is 1. The average molecular weight is 388 g/mol. The molecule has 0 spiro atoms. The van der Waals surface area contributed by atoms with Crippen LogP contribution in [0.1, 0.15) is 36.0 Å². The predicted octanol–water partition coefficient (Wildman–Crippen LogP) is 3.07. The summed E-state index contributed by atoms with van der Waals surface area (Å²) in [5.74, 6) is 0.711. The lowest BCUT2D eigenvalue weighted by atomic mass is 10.0. The number of hydrogen-bond donors (Lipinski definition) is 2. The van der Waals surface area contributed by atoms with Gasteiger partial charge >= 0.3 is 0 Å². The van der Waals surface area contributed by atoms with Crippen LogP contribution in [0.25, 0.3) is 11.3 Å². The molecule has 1 aliphatic carbocycles. The van der Waals surface area contributed by atoms with E-state index < -0.39 is 0 Å². The summed E-state index contributed by atoms with van der Waals surface area (Å²) in [5.41, 5.74) is 1.58. The fourth-order valence-electron chi connectivity index (χ4n) is 3.54. The Hall–Kier alpha value is -2.11. The van der Waals surface area contributed by atoms with Crippen LogP contribution in [0, 0.1) is 5.92 Å². The highest BCUT2D eigenvalue weighted by Crippen LogP contribution is 2.28. The van der Waals surface area contributed by atoms with E-state index in [0.29, 0.717) is 19.1 Å². The van der Waals surface area contributed by atoms with E-state index in [9.17, 15) is 9.59 Å². The van der Waals surface area contributed by atoms with Gasteiger partial charge in [0.05, 0.1) is 0 Å². The van der Waals surface area contributed by atoms with Gasteiger partial charge in [0.1, 0.15) is 5.56 Å². The molecule has 6 heteroatoms. The van der Waals surface area contributed by atoms with Crippen LogP contribution in [0.2, 0.25) is 0 Å². The maximum atomic E-state index is 12.7. The van der Waals surface area contributed by atoms with Crippen LogP contribution >= 0.6 is 12.4 Å². The topological polar surface area (TPSA) is 65.2 Å². The van der Waals surface area contributed by atoms with Crippen LogP contribution in [-0.4, -0.2) is 41.5 Å². The number of pyridine rings is 1. The van der Waals surface area contributed by atoms with E-state index in [1.807, 2.05) is 41.3 Å². The summed E-state index contributed by atoms with van der Waals surface area (Å²) < 4.78 is 0. The third-order valence-corrected chi connectivity index (χ3v) is 5.40. The number of aromatic nitrogens is 1. The van der Waals surface area contributed by atoms with Crippen LogP contribution in [0.4, 0.5) is 0 Å². The third kappa shape index (κ3) is 4.79. The molecule has 2 aromatic rings. The first-order valence-corrected chi connectivity index (χ1v) is 9.52. The molecule has 1 aromatic heterocycles. The Kier molecular flexibility index (Phi) is 6.34. The summed E-state index contributed by atoms with van der Waals surface area (Å²) in [7, 11) is 0. The summed E-state index contributed by atoms with van der Waals surface area (Å²) in [4.78, 5) is 29.8. The molecule has 2 aliphatic rings. The second-order valence-corrected chi connectivity index (χ2v) is 7.40. The van der Waals surface area contributed by atoms with Crippen LogP contribution in [0.15, 0.2) is 47.3 Å². The minimum absolute atomic E-state index is 0. The monoisotopic (exact) mass is 387 g/mol. The molecule has 1 saturated carbocycles. The molecule has 144 valence electrons. The highest BCUT2D eigenvalue weighted by atomic mass is 35.5. The minimum atomic E-state index is -0.315. The van der Waals surface area contributed by atoms with Gasteiger partial charge in [-0.2, -0.15) is 0 Å². The molecule has 1 saturated heterocycles. The lowest BCUT2D eigenvalue weighted by molar-refractivity contribution is 0.0703. The summed E-state index contributed by atoms with van der Waals surface area (Å²) in [6.07, 6.45) is 4.62. The number of amides is 1. The zero-order valence-corrected chi connectivity index (χ0v) is 16.1. The minimum Gasteiger partial charge on any atom is -0.338 e. The first-order valence-electron chi connectivity index (χ1n) is 9.52. The van der Waals surface area contributed by atoms with E-state index in [0.717, 1.165) is 36.6 Å². The smallest absolute Gasteiger partial charge is 0.261 e. The normalized spacial score (nSPS) is 17.4. The quantitative estimate of drug-likeness (QED) is 0.828. The molecule has 5 nitrogen and oxygen atoms in total. The molecule has 0 unspecified atom stereocenters. The maximum absolute atomic E-state index is 12.7. The summed E-state index contributed by atoms with van der Waals surface area (Å²) >= 11 is 0. The van der Waals surface area contributed by atoms with E-state index in [4.69, 9.17) is 0 Å². The molecular weight excluding hydrogens is 362 g/mol. The number of carbonyl (C=O) groups excluding carboxylic acids is 1. The number of rotatable bonds is 5. The van der Waals surface area contributed by atoms with Gasteiger partial charge in [0, 0.05) is 24.8 Å². The molecule has 4 rings (SSSR count). The summed E-state index contributed by atoms with van der Waals surface area (Å²) in [6.45, 7) is 2.53. The molecule has 2 fully saturated rings. The number of benzene rings is 1. The fourth-order valence-corrected chi connectivity index (χ4v) is 3.54. The standard InChI is InChI=1S/C21H25N3O2.ClH/c25-20-18(8-9-19(23-20)16-4-2-1-3-5-16)21(26)24-12-10-17(11-13-24)22-14-15-6-7-15;/h1-5,8-9,15,17,22H,6-7,10-14H2,(H,23,25);1H. The number of H-pyrrole nitrogens is 1. The van der Waals surface area contributed by atoms with E-state index in [1.54, 1.807) is 6.07 Å². The van der Waals surface area contributed by atoms with Gasteiger partial charge in [-0.05, 0) is 55.8 Å². The van der Waals surface area contributed by atoms with E-state index in [-0.39, 0.29) is 29.4 Å². The SMILES string of the molecule is Cl.O=C(c1ccc(-c2ccccc2)[nH]c1=O)N1CCC(NCC2CC2)CC1. The molecule has 0 radical (unpaired) electrons. The lowest BCUT2D eigenvalue weighted by Gasteiger charge is -2.32. The zero-order valence-electron chi connectivity index (χ0n) is 15.3. The van der Waals surface area contributed by atoms with Crippen molar-refractivity contribution in [2.75, 3.05) is 19.6 Å². The highest BCUT2D eigenvalue weighted by Gasteiger charge is 2.27. The Morgan fingerprint density at radius 1 is 1.04 bits per heavy atom. The summed E-state index contributed by atoms with van der Waals surface area (Å²) in [6, 6.07) is 13.6. The molecule has 1 amide bonds. The van der Waals surface area contributed by atoms with Gasteiger partial charge in [-0.3, -0.25) is 9.59 Å². The van der Waals surface area contributed by atoms with Crippen molar-refractivity contribution < 1.29 is 4.79 Å². The average Bonchev–Trinajstić information content (AvgIpc) is 3.51. The molecule has 1 aliphatic heterocycles. The van der Waals surface area contributed by atoms with Crippen molar-refractivity contribution in [2.45, 2.75) is 31.7 Å². The maximum Gasteiger partial charge on any atom is 0.261 e. The number of hydrogen-bond acceptors (Lipinski definition) is 3. The van der Waals surface area contributed by atoms with Crippen molar-refractivity contribution >= 4 is 18.3 Å². The lowest BCUT2D eigenvalue weighted by Crippen LogP contribution is -2.46. The first kappa shape index (κ1) is 19.6. The Labute approximate surface area is 165 Å². The third-order valence-electron chi connectivity index (χ3n) is 5.40. The van der Waals surface area contributed by atoms with Gasteiger partial charge in [-0.25, -0.2) is 0 Å². The molecule has 2 N–H and O–H groups in total. The van der Waals surface area contributed by atoms with Crippen LogP contribution < -0.4 is 10.9 Å². The van der Waals surface area contributed by atoms with E-state index in [1.165, 1.54) is 12.8 Å². The predicted molar refractivity (Wildman–Crippen MR) is 109 cm³/mol. The number of likely N-dealkylation sites (tertiary alicyclic amines) is 1. The van der Waals surface area contributed by atoms with Crippen molar-refractivity contribution in [3.63, 3.8) is 0 Å². The highest BCUT2D eigenvalue weighted by molar-refractivity contribution is 5.94. The van der Waals surface area contributed by atoms with Gasteiger partial charge in [-0.15, -0.1) is 12.4 Å². The number of aromatic amines is 1. The molecule has 0 atom stereocenters. The Morgan fingerprint density at radius 2 is 1.74 bits per heavy atom. The van der Waals surface area contributed by atoms with E-state index >= 15 is 0 Å². The van der Waals surface area contributed by atoms with Crippen molar-refractivity contribution in [1.82, 2.24) is 15.2 Å². The largest absolute Gasteiger partial charge is 0.338 e. The van der Waals surface area contributed by atoms with Crippen LogP contribution in [-0.2, 0) is 0 Å². The first-order chi connectivity index (χ1) is 12.7. The molecule has 27 heavy (non-hydrogen) atoms. The number of carbonyl (C=O) groups is 1.